The Hall–Kier alpha value is -2.32. The highest BCUT2D eigenvalue weighted by atomic mass is 19.4. The highest BCUT2D eigenvalue weighted by Crippen LogP contribution is 2.41. The molecule has 0 bridgehead atoms. The van der Waals surface area contributed by atoms with E-state index in [0.29, 0.717) is 18.3 Å². The fourth-order valence-electron chi connectivity index (χ4n) is 3.87. The lowest BCUT2D eigenvalue weighted by Gasteiger charge is -2.39. The number of alkyl halides is 3. The molecule has 3 unspecified atom stereocenters. The first-order valence-electron chi connectivity index (χ1n) is 8.37. The van der Waals surface area contributed by atoms with Gasteiger partial charge in [-0.25, -0.2) is 9.59 Å². The molecule has 6 nitrogen and oxygen atoms in total. The van der Waals surface area contributed by atoms with Crippen molar-refractivity contribution < 1.29 is 37.8 Å². The molecule has 3 atom stereocenters. The summed E-state index contributed by atoms with van der Waals surface area (Å²) in [6, 6.07) is -0.0450. The molecule has 2 aliphatic heterocycles. The zero-order valence-electron chi connectivity index (χ0n) is 13.9. The molecular formula is C17H20F3NO5. The summed E-state index contributed by atoms with van der Waals surface area (Å²) in [4.78, 5) is 34.1. The molecule has 144 valence electrons. The van der Waals surface area contributed by atoms with Crippen LogP contribution in [0, 0.1) is 11.8 Å². The third kappa shape index (κ3) is 4.44. The first kappa shape index (κ1) is 20.0. The first-order chi connectivity index (χ1) is 12.1. The molecule has 0 spiro atoms. The van der Waals surface area contributed by atoms with Crippen LogP contribution in [0.3, 0.4) is 0 Å². The van der Waals surface area contributed by atoms with Gasteiger partial charge in [0.1, 0.15) is 5.70 Å². The van der Waals surface area contributed by atoms with Gasteiger partial charge in [-0.15, -0.1) is 0 Å². The van der Waals surface area contributed by atoms with Crippen molar-refractivity contribution in [2.45, 2.75) is 50.7 Å². The molecule has 2 heterocycles. The van der Waals surface area contributed by atoms with Crippen LogP contribution in [0.4, 0.5) is 13.2 Å². The van der Waals surface area contributed by atoms with Crippen molar-refractivity contribution in [1.29, 1.82) is 0 Å². The predicted molar refractivity (Wildman–Crippen MR) is 83.9 cm³/mol. The Balaban J connectivity index is 0.000000298. The van der Waals surface area contributed by atoms with Crippen LogP contribution in [0.2, 0.25) is 0 Å². The summed E-state index contributed by atoms with van der Waals surface area (Å²) in [5.41, 5.74) is 0.142. The zero-order chi connectivity index (χ0) is 19.5. The number of rotatable bonds is 1. The summed E-state index contributed by atoms with van der Waals surface area (Å²) in [7, 11) is 0. The van der Waals surface area contributed by atoms with E-state index in [-0.39, 0.29) is 17.6 Å². The molecule has 2 fully saturated rings. The van der Waals surface area contributed by atoms with Crippen LogP contribution < -0.4 is 0 Å². The van der Waals surface area contributed by atoms with Gasteiger partial charge in [0, 0.05) is 6.42 Å². The molecular weight excluding hydrogens is 355 g/mol. The number of carboxylic acid groups (broad SMARTS) is 2. The van der Waals surface area contributed by atoms with E-state index in [0.717, 1.165) is 12.8 Å². The van der Waals surface area contributed by atoms with E-state index < -0.39 is 18.1 Å². The van der Waals surface area contributed by atoms with Gasteiger partial charge in [0.2, 0.25) is 5.91 Å². The lowest BCUT2D eigenvalue weighted by atomic mass is 9.73. The van der Waals surface area contributed by atoms with Gasteiger partial charge in [0.15, 0.2) is 0 Å². The Bertz CT molecular complexity index is 641. The van der Waals surface area contributed by atoms with Crippen LogP contribution in [-0.4, -0.2) is 45.2 Å². The van der Waals surface area contributed by atoms with E-state index in [4.69, 9.17) is 9.90 Å². The standard InChI is InChI=1S/C15H19NO3.C2HF3O2/c17-14-9-8-10-4-1-2-5-11(10)12-6-3-7-13(15(18)19)16(12)14;3-2(4,5)1(6)7/h3,6-7,10-12H,1-2,4-5,8-9H2,(H,18,19);(H,6,7). The smallest absolute Gasteiger partial charge is 0.477 e. The number of allylic oxidation sites excluding steroid dienone is 2. The zero-order valence-corrected chi connectivity index (χ0v) is 13.9. The van der Waals surface area contributed by atoms with Crippen molar-refractivity contribution >= 4 is 17.8 Å². The molecule has 9 heteroatoms. The van der Waals surface area contributed by atoms with Crippen LogP contribution in [0.5, 0.6) is 0 Å². The van der Waals surface area contributed by atoms with Crippen LogP contribution in [-0.2, 0) is 14.4 Å². The number of carboxylic acids is 2. The SMILES string of the molecule is O=C(O)C(F)(F)F.O=C(O)C1=CC=CC2C3CCCCC3CCC(=O)N12. The molecule has 1 saturated carbocycles. The largest absolute Gasteiger partial charge is 0.490 e. The van der Waals surface area contributed by atoms with E-state index in [1.807, 2.05) is 6.08 Å². The molecule has 1 aliphatic carbocycles. The summed E-state index contributed by atoms with van der Waals surface area (Å²) in [5.74, 6) is -2.79. The van der Waals surface area contributed by atoms with Crippen molar-refractivity contribution in [1.82, 2.24) is 4.90 Å². The second-order valence-corrected chi connectivity index (χ2v) is 6.55. The molecule has 1 saturated heterocycles. The fraction of sp³-hybridized carbons (Fsp3) is 0.588. The van der Waals surface area contributed by atoms with Crippen LogP contribution in [0.25, 0.3) is 0 Å². The number of carbonyl (C=O) groups excluding carboxylic acids is 1. The monoisotopic (exact) mass is 375 g/mol. The number of aliphatic carboxylic acids is 2. The number of carbonyl (C=O) groups is 3. The first-order valence-corrected chi connectivity index (χ1v) is 8.37. The number of hydrogen-bond acceptors (Lipinski definition) is 3. The summed E-state index contributed by atoms with van der Waals surface area (Å²) in [5, 5.41) is 16.4. The van der Waals surface area contributed by atoms with Gasteiger partial charge >= 0.3 is 18.1 Å². The number of fused-ring (bicyclic) bond motifs is 3. The third-order valence-electron chi connectivity index (χ3n) is 4.99. The molecule has 26 heavy (non-hydrogen) atoms. The fourth-order valence-corrected chi connectivity index (χ4v) is 3.87. The Morgan fingerprint density at radius 2 is 1.73 bits per heavy atom. The molecule has 3 rings (SSSR count). The number of nitrogens with zero attached hydrogens (tertiary/aromatic N) is 1. The number of hydrogen-bond donors (Lipinski definition) is 2. The van der Waals surface area contributed by atoms with Gasteiger partial charge in [0.05, 0.1) is 6.04 Å². The van der Waals surface area contributed by atoms with E-state index >= 15 is 0 Å². The maximum Gasteiger partial charge on any atom is 0.490 e. The van der Waals surface area contributed by atoms with E-state index in [2.05, 4.69) is 0 Å². The molecule has 0 aromatic rings. The summed E-state index contributed by atoms with van der Waals surface area (Å²) in [6.07, 6.45) is 6.40. The second-order valence-electron chi connectivity index (χ2n) is 6.55. The predicted octanol–water partition coefficient (Wildman–Crippen LogP) is 2.96. The highest BCUT2D eigenvalue weighted by Gasteiger charge is 2.42. The average Bonchev–Trinajstić information content (AvgIpc) is 2.72. The Morgan fingerprint density at radius 3 is 2.31 bits per heavy atom. The molecule has 1 amide bonds. The minimum atomic E-state index is -5.08. The minimum absolute atomic E-state index is 0.0302. The maximum atomic E-state index is 12.3. The van der Waals surface area contributed by atoms with Crippen molar-refractivity contribution in [2.24, 2.45) is 11.8 Å². The van der Waals surface area contributed by atoms with Crippen molar-refractivity contribution in [2.75, 3.05) is 0 Å². The van der Waals surface area contributed by atoms with Gasteiger partial charge in [0.25, 0.3) is 0 Å². The quantitative estimate of drug-likeness (QED) is 0.735. The maximum absolute atomic E-state index is 12.3. The van der Waals surface area contributed by atoms with Crippen LogP contribution in [0.15, 0.2) is 23.9 Å². The number of halogens is 3. The van der Waals surface area contributed by atoms with Gasteiger partial charge in [-0.3, -0.25) is 9.69 Å². The van der Waals surface area contributed by atoms with Crippen molar-refractivity contribution in [3.8, 4) is 0 Å². The van der Waals surface area contributed by atoms with Gasteiger partial charge in [-0.05, 0) is 30.8 Å². The third-order valence-corrected chi connectivity index (χ3v) is 4.99. The highest BCUT2D eigenvalue weighted by molar-refractivity contribution is 5.94. The van der Waals surface area contributed by atoms with Gasteiger partial charge in [-0.2, -0.15) is 13.2 Å². The van der Waals surface area contributed by atoms with Crippen molar-refractivity contribution in [3.05, 3.63) is 23.9 Å². The lowest BCUT2D eigenvalue weighted by Crippen LogP contribution is -2.45. The van der Waals surface area contributed by atoms with Gasteiger partial charge in [-0.1, -0.05) is 31.4 Å². The van der Waals surface area contributed by atoms with Crippen LogP contribution in [0.1, 0.15) is 38.5 Å². The second kappa shape index (κ2) is 7.92. The normalized spacial score (nSPS) is 28.0. The summed E-state index contributed by atoms with van der Waals surface area (Å²) >= 11 is 0. The van der Waals surface area contributed by atoms with E-state index in [9.17, 15) is 27.9 Å². The van der Waals surface area contributed by atoms with Gasteiger partial charge < -0.3 is 10.2 Å². The van der Waals surface area contributed by atoms with Crippen LogP contribution >= 0.6 is 0 Å². The summed E-state index contributed by atoms with van der Waals surface area (Å²) < 4.78 is 31.7. The summed E-state index contributed by atoms with van der Waals surface area (Å²) in [6.45, 7) is 0. The molecule has 2 N–H and O–H groups in total. The molecule has 0 aromatic carbocycles. The lowest BCUT2D eigenvalue weighted by molar-refractivity contribution is -0.192. The molecule has 0 aromatic heterocycles. The Labute approximate surface area is 148 Å². The van der Waals surface area contributed by atoms with E-state index in [1.54, 1.807) is 17.1 Å². The Kier molecular flexibility index (Phi) is 6.09. The van der Waals surface area contributed by atoms with E-state index in [1.165, 1.54) is 19.3 Å². The average molecular weight is 375 g/mol. The Morgan fingerprint density at radius 1 is 1.12 bits per heavy atom. The molecule has 3 aliphatic rings. The number of amides is 1. The van der Waals surface area contributed by atoms with Crippen molar-refractivity contribution in [3.63, 3.8) is 0 Å². The minimum Gasteiger partial charge on any atom is -0.477 e. The molecule has 0 radical (unpaired) electrons. The topological polar surface area (TPSA) is 94.9 Å².